The predicted octanol–water partition coefficient (Wildman–Crippen LogP) is 1.36. The van der Waals surface area contributed by atoms with E-state index in [-0.39, 0.29) is 38.9 Å². The molecule has 0 unspecified atom stereocenters. The van der Waals surface area contributed by atoms with Crippen LogP contribution in [-0.4, -0.2) is 59.2 Å². The minimum atomic E-state index is -4.43. The van der Waals surface area contributed by atoms with E-state index in [1.165, 1.54) is 54.0 Å². The molecule has 4 rings (SSSR count). The third kappa shape index (κ3) is 5.23. The first-order chi connectivity index (χ1) is 17.9. The van der Waals surface area contributed by atoms with E-state index in [0.717, 1.165) is 12.1 Å². The second kappa shape index (κ2) is 10.5. The zero-order valence-electron chi connectivity index (χ0n) is 19.3. The molecular weight excluding hydrogens is 579 g/mol. The van der Waals surface area contributed by atoms with Crippen molar-refractivity contribution in [1.82, 2.24) is 14.5 Å². The van der Waals surface area contributed by atoms with Gasteiger partial charge in [0.05, 0.1) is 10.5 Å². The number of sulfone groups is 1. The van der Waals surface area contributed by atoms with Gasteiger partial charge in [0.2, 0.25) is 9.84 Å². The molecule has 1 aliphatic rings. The zero-order valence-corrected chi connectivity index (χ0v) is 22.6. The molecule has 1 aromatic heterocycles. The molecule has 1 atom stereocenters. The molecule has 2 amide bonds. The lowest BCUT2D eigenvalue weighted by atomic mass is 10.1. The van der Waals surface area contributed by atoms with Crippen molar-refractivity contribution in [3.05, 3.63) is 72.3 Å². The van der Waals surface area contributed by atoms with Crippen LogP contribution in [0.15, 0.2) is 84.9 Å². The van der Waals surface area contributed by atoms with Crippen molar-refractivity contribution in [3.63, 3.8) is 0 Å². The monoisotopic (exact) mass is 599 g/mol. The quantitative estimate of drug-likeness (QED) is 0.229. The number of hydrogen-bond acceptors (Lipinski definition) is 10. The normalized spacial score (nSPS) is 15.7. The lowest BCUT2D eigenvalue weighted by Gasteiger charge is -2.19. The first-order valence-electron chi connectivity index (χ1n) is 10.9. The fourth-order valence-electron chi connectivity index (χ4n) is 3.77. The van der Waals surface area contributed by atoms with Gasteiger partial charge in [0, 0.05) is 6.54 Å². The van der Waals surface area contributed by atoms with Crippen molar-refractivity contribution in [3.8, 4) is 0 Å². The highest BCUT2D eigenvalue weighted by Crippen LogP contribution is 2.31. The molecule has 0 aliphatic carbocycles. The molecule has 0 spiro atoms. The van der Waals surface area contributed by atoms with Crippen molar-refractivity contribution < 1.29 is 40.0 Å². The smallest absolute Gasteiger partial charge is 0.269 e. The number of hydrogen-bond donors (Lipinski definition) is 3. The summed E-state index contributed by atoms with van der Waals surface area (Å²) in [6.07, 6.45) is -0.417. The number of rotatable bonds is 10. The lowest BCUT2D eigenvalue weighted by Crippen LogP contribution is -2.46. The molecule has 0 saturated carbocycles. The van der Waals surface area contributed by atoms with Gasteiger partial charge in [0.15, 0.2) is 0 Å². The van der Waals surface area contributed by atoms with Gasteiger partial charge in [-0.3, -0.25) is 14.8 Å². The summed E-state index contributed by atoms with van der Waals surface area (Å²) in [5.74, 6) is -1.86. The standard InChI is InChI=1S/C22H21N3O9S4/c26-21(23-28)17(10-6-14-25-22(27)16-9-4-5-11-18(16)38(25,33)34)24-37(31,32)20-13-12-19(35-20)36(29,30)15-7-2-1-3-8-15/h1-5,7-9,11-13,17,24,28H,6,10,14H2,(H,23,26)/t17-/m1/s1. The van der Waals surface area contributed by atoms with Gasteiger partial charge in [-0.2, -0.15) is 4.72 Å². The highest BCUT2D eigenvalue weighted by molar-refractivity contribution is 7.95. The number of carbonyl (C=O) groups excluding carboxylic acids is 2. The molecule has 0 bridgehead atoms. The number of carbonyl (C=O) groups is 2. The summed E-state index contributed by atoms with van der Waals surface area (Å²) in [6.45, 7) is -0.342. The summed E-state index contributed by atoms with van der Waals surface area (Å²) in [6, 6.07) is 13.7. The van der Waals surface area contributed by atoms with E-state index in [9.17, 15) is 34.8 Å². The van der Waals surface area contributed by atoms with E-state index >= 15 is 0 Å². The number of fused-ring (bicyclic) bond motifs is 1. The van der Waals surface area contributed by atoms with Gasteiger partial charge in [-0.1, -0.05) is 30.3 Å². The fraction of sp³-hybridized carbons (Fsp3) is 0.182. The first-order valence-corrected chi connectivity index (χ1v) is 16.1. The number of amides is 2. The lowest BCUT2D eigenvalue weighted by molar-refractivity contribution is -0.131. The van der Waals surface area contributed by atoms with Crippen LogP contribution < -0.4 is 10.2 Å². The van der Waals surface area contributed by atoms with Crippen molar-refractivity contribution in [2.45, 2.75) is 37.1 Å². The predicted molar refractivity (Wildman–Crippen MR) is 134 cm³/mol. The van der Waals surface area contributed by atoms with Crippen molar-refractivity contribution in [2.24, 2.45) is 0 Å². The number of nitrogens with one attached hydrogen (secondary N) is 2. The van der Waals surface area contributed by atoms with Gasteiger partial charge in [0.1, 0.15) is 19.4 Å². The third-order valence-corrected chi connectivity index (χ3v) is 12.8. The van der Waals surface area contributed by atoms with Crippen LogP contribution in [-0.2, 0) is 34.7 Å². The van der Waals surface area contributed by atoms with Crippen LogP contribution in [0.3, 0.4) is 0 Å². The van der Waals surface area contributed by atoms with Crippen molar-refractivity contribution in [2.75, 3.05) is 6.54 Å². The Morgan fingerprint density at radius 2 is 1.58 bits per heavy atom. The molecule has 0 radical (unpaired) electrons. The SMILES string of the molecule is O=C(NO)[C@@H](CCCN1C(=O)c2ccccc2S1(=O)=O)NS(=O)(=O)c1ccc(S(=O)(=O)c2ccccc2)s1. The first kappa shape index (κ1) is 27.9. The topological polar surface area (TPSA) is 184 Å². The van der Waals surface area contributed by atoms with Crippen LogP contribution in [0.5, 0.6) is 0 Å². The van der Waals surface area contributed by atoms with Crippen molar-refractivity contribution >= 4 is 53.0 Å². The Morgan fingerprint density at radius 1 is 0.947 bits per heavy atom. The number of hydroxylamine groups is 1. The van der Waals surface area contributed by atoms with Crippen LogP contribution in [0.2, 0.25) is 0 Å². The maximum absolute atomic E-state index is 12.9. The van der Waals surface area contributed by atoms with E-state index in [2.05, 4.69) is 4.72 Å². The molecule has 12 nitrogen and oxygen atoms in total. The fourth-order valence-corrected chi connectivity index (χ4v) is 9.81. The maximum atomic E-state index is 12.9. The largest absolute Gasteiger partial charge is 0.289 e. The molecule has 16 heteroatoms. The van der Waals surface area contributed by atoms with Crippen molar-refractivity contribution in [1.29, 1.82) is 0 Å². The van der Waals surface area contributed by atoms with Crippen LogP contribution in [0.4, 0.5) is 0 Å². The average Bonchev–Trinajstić information content (AvgIpc) is 3.48. The Morgan fingerprint density at radius 3 is 2.24 bits per heavy atom. The molecule has 3 N–H and O–H groups in total. The van der Waals surface area contributed by atoms with Gasteiger partial charge in [-0.05, 0) is 49.2 Å². The number of sulfonamides is 2. The molecule has 2 heterocycles. The maximum Gasteiger partial charge on any atom is 0.269 e. The molecule has 202 valence electrons. The van der Waals surface area contributed by atoms with Crippen LogP contribution >= 0.6 is 11.3 Å². The summed E-state index contributed by atoms with van der Waals surface area (Å²) in [4.78, 5) is 24.6. The molecule has 0 saturated heterocycles. The molecule has 3 aromatic rings. The summed E-state index contributed by atoms with van der Waals surface area (Å²) in [7, 11) is -12.5. The number of nitrogens with zero attached hydrogens (tertiary/aromatic N) is 1. The molecule has 2 aromatic carbocycles. The van der Waals surface area contributed by atoms with E-state index in [1.807, 2.05) is 0 Å². The summed E-state index contributed by atoms with van der Waals surface area (Å²) in [5, 5.41) is 9.09. The van der Waals surface area contributed by atoms with Gasteiger partial charge < -0.3 is 0 Å². The average molecular weight is 600 g/mol. The van der Waals surface area contributed by atoms with Gasteiger partial charge in [-0.25, -0.2) is 35.0 Å². The summed E-state index contributed by atoms with van der Waals surface area (Å²) >= 11 is 0.475. The highest BCUT2D eigenvalue weighted by atomic mass is 32.3. The Labute approximate surface area is 222 Å². The van der Waals surface area contributed by atoms with Gasteiger partial charge in [-0.15, -0.1) is 11.3 Å². The molecule has 0 fully saturated rings. The second-order valence-corrected chi connectivity index (χ2v) is 15.1. The minimum absolute atomic E-state index is 0.0109. The summed E-state index contributed by atoms with van der Waals surface area (Å²) in [5.41, 5.74) is 1.36. The Balaban J connectivity index is 1.48. The minimum Gasteiger partial charge on any atom is -0.289 e. The zero-order chi connectivity index (χ0) is 27.7. The second-order valence-electron chi connectivity index (χ2n) is 8.06. The van der Waals surface area contributed by atoms with Crippen LogP contribution in [0, 0.1) is 0 Å². The van der Waals surface area contributed by atoms with E-state index < -0.39 is 51.9 Å². The Bertz CT molecular complexity index is 1700. The van der Waals surface area contributed by atoms with Gasteiger partial charge in [0.25, 0.3) is 31.9 Å². The molecule has 1 aliphatic heterocycles. The van der Waals surface area contributed by atoms with Crippen LogP contribution in [0.25, 0.3) is 0 Å². The summed E-state index contributed by atoms with van der Waals surface area (Å²) < 4.78 is 79.0. The molecular formula is C22H21N3O9S4. The highest BCUT2D eigenvalue weighted by Gasteiger charge is 2.40. The number of benzene rings is 2. The number of thiophene rings is 1. The van der Waals surface area contributed by atoms with E-state index in [4.69, 9.17) is 5.21 Å². The van der Waals surface area contributed by atoms with E-state index in [1.54, 1.807) is 6.07 Å². The van der Waals surface area contributed by atoms with Gasteiger partial charge >= 0.3 is 0 Å². The molecule has 38 heavy (non-hydrogen) atoms. The van der Waals surface area contributed by atoms with Crippen LogP contribution in [0.1, 0.15) is 23.2 Å². The Kier molecular flexibility index (Phi) is 7.74. The Hall–Kier alpha value is -3.15. The van der Waals surface area contributed by atoms with E-state index in [0.29, 0.717) is 15.6 Å². The third-order valence-electron chi connectivity index (χ3n) is 5.63.